The molecule has 0 spiro atoms. The van der Waals surface area contributed by atoms with E-state index in [4.69, 9.17) is 26.2 Å². The van der Waals surface area contributed by atoms with Gasteiger partial charge in [0.25, 0.3) is 0 Å². The first-order valence-corrected chi connectivity index (χ1v) is 12.3. The number of morpholine rings is 1. The Morgan fingerprint density at radius 1 is 1.11 bits per heavy atom. The van der Waals surface area contributed by atoms with Crippen molar-refractivity contribution in [1.82, 2.24) is 9.88 Å². The topological polar surface area (TPSA) is 65.9 Å². The number of pyridine rings is 1. The first kappa shape index (κ1) is 30.0. The molecule has 4 rings (SSSR count). The lowest BCUT2D eigenvalue weighted by molar-refractivity contribution is -0.192. The Morgan fingerprint density at radius 3 is 2.26 bits per heavy atom. The monoisotopic (exact) mass is 567 g/mol. The van der Waals surface area contributed by atoms with Crippen molar-refractivity contribution in [2.75, 3.05) is 31.1 Å². The fourth-order valence-corrected chi connectivity index (χ4v) is 4.79. The van der Waals surface area contributed by atoms with Crippen LogP contribution in [-0.2, 0) is 22.1 Å². The molecule has 6 nitrogen and oxygen atoms in total. The van der Waals surface area contributed by atoms with Crippen LogP contribution in [-0.4, -0.2) is 71.6 Å². The first-order chi connectivity index (χ1) is 17.8. The van der Waals surface area contributed by atoms with E-state index in [9.17, 15) is 26.3 Å². The molecule has 3 heterocycles. The van der Waals surface area contributed by atoms with Gasteiger partial charge in [-0.25, -0.2) is 9.78 Å². The first-order valence-electron chi connectivity index (χ1n) is 11.9. The molecular formula is C25H28ClF6N3O3. The molecule has 0 aliphatic carbocycles. The van der Waals surface area contributed by atoms with Crippen LogP contribution in [0.1, 0.15) is 30.9 Å². The molecule has 1 aromatic carbocycles. The number of aliphatic carboxylic acids is 1. The van der Waals surface area contributed by atoms with E-state index in [2.05, 4.69) is 16.8 Å². The van der Waals surface area contributed by atoms with E-state index in [0.717, 1.165) is 31.9 Å². The van der Waals surface area contributed by atoms with Gasteiger partial charge < -0.3 is 14.7 Å². The summed E-state index contributed by atoms with van der Waals surface area (Å²) < 4.78 is 77.9. The SMILES string of the molecule is C[C@H]1CN(C2CCN(c3ncccc3C(F)(F)F)CC2)[C@@H](Cc2ccc(Cl)cc2)CO1.O=C(O)C(F)(F)F. The van der Waals surface area contributed by atoms with Crippen LogP contribution in [0.3, 0.4) is 0 Å². The highest BCUT2D eigenvalue weighted by Gasteiger charge is 2.39. The maximum Gasteiger partial charge on any atom is 0.490 e. The normalized spacial score (nSPS) is 21.5. The number of halogens is 7. The third-order valence-corrected chi connectivity index (χ3v) is 6.71. The Kier molecular flexibility index (Phi) is 9.88. The quantitative estimate of drug-likeness (QED) is 0.479. The number of carboxylic acids is 1. The lowest BCUT2D eigenvalue weighted by Gasteiger charge is -2.46. The summed E-state index contributed by atoms with van der Waals surface area (Å²) in [5, 5.41) is 7.84. The summed E-state index contributed by atoms with van der Waals surface area (Å²) >= 11 is 6.01. The van der Waals surface area contributed by atoms with Crippen LogP contribution in [0.25, 0.3) is 0 Å². The van der Waals surface area contributed by atoms with Crippen molar-refractivity contribution in [3.63, 3.8) is 0 Å². The Balaban J connectivity index is 0.000000505. The van der Waals surface area contributed by atoms with Crippen LogP contribution < -0.4 is 4.90 Å². The van der Waals surface area contributed by atoms with Gasteiger partial charge in [0.15, 0.2) is 0 Å². The number of aromatic nitrogens is 1. The number of benzene rings is 1. The van der Waals surface area contributed by atoms with Gasteiger partial charge in [-0.1, -0.05) is 23.7 Å². The smallest absolute Gasteiger partial charge is 0.475 e. The number of hydrogen-bond donors (Lipinski definition) is 1. The second kappa shape index (κ2) is 12.5. The Bertz CT molecular complexity index is 1060. The van der Waals surface area contributed by atoms with E-state index < -0.39 is 23.9 Å². The van der Waals surface area contributed by atoms with E-state index in [1.807, 2.05) is 24.3 Å². The average Bonchev–Trinajstić information content (AvgIpc) is 2.86. The lowest BCUT2D eigenvalue weighted by atomic mass is 9.96. The van der Waals surface area contributed by atoms with Gasteiger partial charge in [-0.15, -0.1) is 0 Å². The van der Waals surface area contributed by atoms with Crippen LogP contribution >= 0.6 is 11.6 Å². The average molecular weight is 568 g/mol. The molecule has 0 bridgehead atoms. The summed E-state index contributed by atoms with van der Waals surface area (Å²) in [7, 11) is 0. The van der Waals surface area contributed by atoms with Gasteiger partial charge >= 0.3 is 18.3 Å². The minimum atomic E-state index is -5.08. The van der Waals surface area contributed by atoms with Crippen molar-refractivity contribution in [1.29, 1.82) is 0 Å². The summed E-state index contributed by atoms with van der Waals surface area (Å²) in [4.78, 5) is 17.2. The number of carbonyl (C=O) groups is 1. The second-order valence-electron chi connectivity index (χ2n) is 9.22. The third-order valence-electron chi connectivity index (χ3n) is 6.46. The Labute approximate surface area is 221 Å². The summed E-state index contributed by atoms with van der Waals surface area (Å²) in [6.45, 7) is 4.68. The largest absolute Gasteiger partial charge is 0.490 e. The Hall–Kier alpha value is -2.57. The highest BCUT2D eigenvalue weighted by molar-refractivity contribution is 6.30. The van der Waals surface area contributed by atoms with Crippen LogP contribution in [0.2, 0.25) is 5.02 Å². The second-order valence-corrected chi connectivity index (χ2v) is 9.66. The van der Waals surface area contributed by atoms with Gasteiger partial charge in [0.1, 0.15) is 5.82 Å². The minimum Gasteiger partial charge on any atom is -0.475 e. The van der Waals surface area contributed by atoms with Gasteiger partial charge in [-0.3, -0.25) is 4.90 Å². The van der Waals surface area contributed by atoms with E-state index >= 15 is 0 Å². The van der Waals surface area contributed by atoms with E-state index in [0.29, 0.717) is 30.8 Å². The molecule has 2 aliphatic heterocycles. The van der Waals surface area contributed by atoms with Crippen LogP contribution in [0.4, 0.5) is 32.2 Å². The van der Waals surface area contributed by atoms with Crippen molar-refractivity contribution in [3.05, 3.63) is 58.7 Å². The zero-order valence-corrected chi connectivity index (χ0v) is 21.2. The van der Waals surface area contributed by atoms with Gasteiger partial charge in [0.05, 0.1) is 18.3 Å². The fraction of sp³-hybridized carbons (Fsp3) is 0.520. The molecule has 0 amide bonds. The van der Waals surface area contributed by atoms with Crippen molar-refractivity contribution >= 4 is 23.4 Å². The minimum absolute atomic E-state index is 0.0431. The summed E-state index contributed by atoms with van der Waals surface area (Å²) in [6, 6.07) is 10.9. The Morgan fingerprint density at radius 2 is 1.71 bits per heavy atom. The van der Waals surface area contributed by atoms with E-state index in [1.165, 1.54) is 17.8 Å². The molecule has 13 heteroatoms. The molecule has 1 N–H and O–H groups in total. The fourth-order valence-electron chi connectivity index (χ4n) is 4.67. The number of alkyl halides is 6. The number of rotatable bonds is 4. The number of carboxylic acid groups (broad SMARTS) is 1. The highest BCUT2D eigenvalue weighted by Crippen LogP contribution is 2.36. The summed E-state index contributed by atoms with van der Waals surface area (Å²) in [5.41, 5.74) is 0.548. The van der Waals surface area contributed by atoms with Crippen molar-refractivity contribution < 1.29 is 41.0 Å². The van der Waals surface area contributed by atoms with Crippen LogP contribution in [0.5, 0.6) is 0 Å². The maximum absolute atomic E-state index is 13.4. The molecule has 210 valence electrons. The van der Waals surface area contributed by atoms with Crippen molar-refractivity contribution in [2.24, 2.45) is 0 Å². The standard InChI is InChI=1S/C23H27ClF3N3O.C2HF3O2/c1-16-14-30(20(15-31-16)13-17-4-6-18(24)7-5-17)19-8-11-29(12-9-19)22-21(23(25,26)27)3-2-10-28-22;3-2(4,5)1(6)7/h2-7,10,16,19-20H,8-9,11-15H2,1H3;(H,6,7)/t16-,20-;/m0./s1. The zero-order valence-electron chi connectivity index (χ0n) is 20.5. The summed E-state index contributed by atoms with van der Waals surface area (Å²) in [5.74, 6) is -2.71. The van der Waals surface area contributed by atoms with Gasteiger partial charge in [0.2, 0.25) is 0 Å². The highest BCUT2D eigenvalue weighted by atomic mass is 35.5. The van der Waals surface area contributed by atoms with Crippen LogP contribution in [0.15, 0.2) is 42.6 Å². The molecular weight excluding hydrogens is 540 g/mol. The van der Waals surface area contributed by atoms with E-state index in [-0.39, 0.29) is 18.0 Å². The van der Waals surface area contributed by atoms with Crippen molar-refractivity contribution in [3.8, 4) is 0 Å². The van der Waals surface area contributed by atoms with Gasteiger partial charge in [-0.05, 0) is 56.0 Å². The number of nitrogens with zero attached hydrogens (tertiary/aromatic N) is 3. The van der Waals surface area contributed by atoms with Gasteiger partial charge in [0, 0.05) is 42.9 Å². The lowest BCUT2D eigenvalue weighted by Crippen LogP contribution is -2.56. The molecule has 2 fully saturated rings. The van der Waals surface area contributed by atoms with Crippen LogP contribution in [0, 0.1) is 0 Å². The van der Waals surface area contributed by atoms with E-state index in [1.54, 1.807) is 4.90 Å². The molecule has 0 unspecified atom stereocenters. The molecule has 0 saturated carbocycles. The number of anilines is 1. The predicted molar refractivity (Wildman–Crippen MR) is 129 cm³/mol. The van der Waals surface area contributed by atoms with Crippen molar-refractivity contribution in [2.45, 2.75) is 56.7 Å². The van der Waals surface area contributed by atoms with Gasteiger partial charge in [-0.2, -0.15) is 26.3 Å². The number of ether oxygens (including phenoxy) is 1. The number of piperidine rings is 1. The number of hydrogen-bond acceptors (Lipinski definition) is 5. The third kappa shape index (κ3) is 8.21. The molecule has 1 aromatic heterocycles. The molecule has 2 aromatic rings. The maximum atomic E-state index is 13.4. The summed E-state index contributed by atoms with van der Waals surface area (Å²) in [6.07, 6.45) is -5.43. The predicted octanol–water partition coefficient (Wildman–Crippen LogP) is 5.69. The zero-order chi connectivity index (χ0) is 28.1. The molecule has 0 radical (unpaired) electrons. The molecule has 2 atom stereocenters. The molecule has 2 aliphatic rings. The molecule has 38 heavy (non-hydrogen) atoms. The molecule has 2 saturated heterocycles.